The largest absolute Gasteiger partial charge is 0.481 e. The second-order valence-electron chi connectivity index (χ2n) is 5.03. The van der Waals surface area contributed by atoms with Crippen LogP contribution in [0, 0.1) is 12.3 Å². The van der Waals surface area contributed by atoms with Gasteiger partial charge in [0.2, 0.25) is 5.91 Å². The van der Waals surface area contributed by atoms with E-state index in [0.717, 1.165) is 10.0 Å². The van der Waals surface area contributed by atoms with Gasteiger partial charge in [-0.2, -0.15) is 0 Å². The molecule has 0 aromatic heterocycles. The Hall–Kier alpha value is -1.36. The SMILES string of the molecule is CCC(CC)(CC(=O)Nc1cc(C)cc(Br)c1)C(=O)O. The average Bonchev–Trinajstić information content (AvgIpc) is 2.34. The maximum atomic E-state index is 12.1. The molecule has 0 aliphatic heterocycles. The standard InChI is InChI=1S/C15H20BrNO3/c1-4-15(5-2,14(19)20)9-13(18)17-12-7-10(3)6-11(16)8-12/h6-8H,4-5,9H2,1-3H3,(H,17,18)(H,19,20). The van der Waals surface area contributed by atoms with Crippen LogP contribution in [0.2, 0.25) is 0 Å². The molecule has 110 valence electrons. The zero-order chi connectivity index (χ0) is 15.3. The molecule has 0 heterocycles. The van der Waals surface area contributed by atoms with Crippen molar-refractivity contribution in [3.8, 4) is 0 Å². The van der Waals surface area contributed by atoms with E-state index in [1.165, 1.54) is 0 Å². The summed E-state index contributed by atoms with van der Waals surface area (Å²) in [6.45, 7) is 5.53. The fourth-order valence-electron chi connectivity index (χ4n) is 2.20. The van der Waals surface area contributed by atoms with Crippen LogP contribution >= 0.6 is 15.9 Å². The summed E-state index contributed by atoms with van der Waals surface area (Å²) in [5, 5.41) is 12.1. The lowest BCUT2D eigenvalue weighted by atomic mass is 9.79. The zero-order valence-electron chi connectivity index (χ0n) is 12.0. The number of amides is 1. The third kappa shape index (κ3) is 4.07. The topological polar surface area (TPSA) is 66.4 Å². The van der Waals surface area contributed by atoms with Gasteiger partial charge in [0.25, 0.3) is 0 Å². The summed E-state index contributed by atoms with van der Waals surface area (Å²) < 4.78 is 0.878. The molecule has 0 aliphatic carbocycles. The second-order valence-corrected chi connectivity index (χ2v) is 5.95. The Morgan fingerprint density at radius 2 is 1.85 bits per heavy atom. The molecular formula is C15H20BrNO3. The molecule has 1 aromatic rings. The number of carboxylic acid groups (broad SMARTS) is 1. The van der Waals surface area contributed by atoms with Gasteiger partial charge < -0.3 is 10.4 Å². The number of halogens is 1. The minimum atomic E-state index is -0.981. The molecule has 0 unspecified atom stereocenters. The van der Waals surface area contributed by atoms with Crippen molar-refractivity contribution in [1.29, 1.82) is 0 Å². The van der Waals surface area contributed by atoms with Gasteiger partial charge in [0.05, 0.1) is 5.41 Å². The van der Waals surface area contributed by atoms with E-state index in [4.69, 9.17) is 0 Å². The van der Waals surface area contributed by atoms with Crippen LogP contribution in [-0.2, 0) is 9.59 Å². The van der Waals surface area contributed by atoms with E-state index >= 15 is 0 Å². The highest BCUT2D eigenvalue weighted by atomic mass is 79.9. The minimum absolute atomic E-state index is 0.0130. The van der Waals surface area contributed by atoms with Crippen LogP contribution in [0.5, 0.6) is 0 Å². The predicted molar refractivity (Wildman–Crippen MR) is 82.8 cm³/mol. The van der Waals surface area contributed by atoms with Crippen molar-refractivity contribution in [3.63, 3.8) is 0 Å². The third-order valence-corrected chi connectivity index (χ3v) is 4.09. The fraction of sp³-hybridized carbons (Fsp3) is 0.467. The van der Waals surface area contributed by atoms with Crippen LogP contribution < -0.4 is 5.32 Å². The Bertz CT molecular complexity index is 490. The van der Waals surface area contributed by atoms with Crippen molar-refractivity contribution < 1.29 is 14.7 Å². The summed E-state index contributed by atoms with van der Waals surface area (Å²) in [6, 6.07) is 5.59. The summed E-state index contributed by atoms with van der Waals surface area (Å²) in [5.41, 5.74) is 0.712. The Balaban J connectivity index is 2.83. The van der Waals surface area contributed by atoms with Crippen molar-refractivity contribution >= 4 is 33.5 Å². The van der Waals surface area contributed by atoms with Gasteiger partial charge in [-0.15, -0.1) is 0 Å². The van der Waals surface area contributed by atoms with E-state index in [1.54, 1.807) is 19.9 Å². The predicted octanol–water partition coefficient (Wildman–Crippen LogP) is 3.98. The van der Waals surface area contributed by atoms with Crippen LogP contribution in [0.25, 0.3) is 0 Å². The number of carbonyl (C=O) groups excluding carboxylic acids is 1. The Morgan fingerprint density at radius 1 is 1.25 bits per heavy atom. The van der Waals surface area contributed by atoms with Crippen molar-refractivity contribution in [1.82, 2.24) is 0 Å². The number of hydrogen-bond acceptors (Lipinski definition) is 2. The second kappa shape index (κ2) is 6.88. The van der Waals surface area contributed by atoms with Gasteiger partial charge in [-0.1, -0.05) is 29.8 Å². The van der Waals surface area contributed by atoms with E-state index in [2.05, 4.69) is 21.2 Å². The highest BCUT2D eigenvalue weighted by molar-refractivity contribution is 9.10. The van der Waals surface area contributed by atoms with Gasteiger partial charge in [-0.05, 0) is 43.5 Å². The highest BCUT2D eigenvalue weighted by Gasteiger charge is 2.37. The fourth-order valence-corrected chi connectivity index (χ4v) is 2.81. The highest BCUT2D eigenvalue weighted by Crippen LogP contribution is 2.31. The molecule has 4 nitrogen and oxygen atoms in total. The van der Waals surface area contributed by atoms with Gasteiger partial charge in [-0.25, -0.2) is 0 Å². The molecule has 0 atom stereocenters. The molecule has 1 aromatic carbocycles. The summed E-state index contributed by atoms with van der Waals surface area (Å²) in [5.74, 6) is -1.18. The molecule has 0 radical (unpaired) electrons. The van der Waals surface area contributed by atoms with E-state index in [-0.39, 0.29) is 12.3 Å². The molecule has 0 aliphatic rings. The van der Waals surface area contributed by atoms with E-state index < -0.39 is 11.4 Å². The maximum absolute atomic E-state index is 12.1. The lowest BCUT2D eigenvalue weighted by molar-refractivity contribution is -0.151. The lowest BCUT2D eigenvalue weighted by Crippen LogP contribution is -2.34. The molecule has 5 heteroatoms. The van der Waals surface area contributed by atoms with Crippen molar-refractivity contribution in [2.45, 2.75) is 40.0 Å². The number of rotatable bonds is 6. The van der Waals surface area contributed by atoms with Gasteiger partial charge in [0.15, 0.2) is 0 Å². The van der Waals surface area contributed by atoms with Crippen molar-refractivity contribution in [2.24, 2.45) is 5.41 Å². The molecule has 2 N–H and O–H groups in total. The number of hydrogen-bond donors (Lipinski definition) is 2. The number of anilines is 1. The molecule has 0 spiro atoms. The summed E-state index contributed by atoms with van der Waals surface area (Å²) in [6.07, 6.45) is 0.856. The lowest BCUT2D eigenvalue weighted by Gasteiger charge is -2.25. The Labute approximate surface area is 127 Å². The van der Waals surface area contributed by atoms with Crippen LogP contribution in [0.3, 0.4) is 0 Å². The summed E-state index contributed by atoms with van der Waals surface area (Å²) in [7, 11) is 0. The molecule has 1 rings (SSSR count). The van der Waals surface area contributed by atoms with Crippen molar-refractivity contribution in [3.05, 3.63) is 28.2 Å². The molecule has 0 bridgehead atoms. The first-order valence-electron chi connectivity index (χ1n) is 6.63. The number of benzene rings is 1. The Morgan fingerprint density at radius 3 is 2.30 bits per heavy atom. The van der Waals surface area contributed by atoms with E-state index in [1.807, 2.05) is 19.1 Å². The number of carboxylic acids is 1. The minimum Gasteiger partial charge on any atom is -0.481 e. The van der Waals surface area contributed by atoms with Crippen LogP contribution in [0.4, 0.5) is 5.69 Å². The first-order chi connectivity index (χ1) is 9.32. The first-order valence-corrected chi connectivity index (χ1v) is 7.42. The van der Waals surface area contributed by atoms with Gasteiger partial charge in [0.1, 0.15) is 0 Å². The quantitative estimate of drug-likeness (QED) is 0.822. The molecule has 0 fully saturated rings. The van der Waals surface area contributed by atoms with E-state index in [9.17, 15) is 14.7 Å². The molecule has 0 saturated carbocycles. The molecule has 0 saturated heterocycles. The number of aliphatic carboxylic acids is 1. The van der Waals surface area contributed by atoms with Gasteiger partial charge in [-0.3, -0.25) is 9.59 Å². The van der Waals surface area contributed by atoms with Crippen LogP contribution in [0.15, 0.2) is 22.7 Å². The van der Waals surface area contributed by atoms with E-state index in [0.29, 0.717) is 18.5 Å². The molecular weight excluding hydrogens is 322 g/mol. The van der Waals surface area contributed by atoms with Crippen LogP contribution in [-0.4, -0.2) is 17.0 Å². The summed E-state index contributed by atoms with van der Waals surface area (Å²) >= 11 is 3.37. The number of carbonyl (C=O) groups is 2. The monoisotopic (exact) mass is 341 g/mol. The smallest absolute Gasteiger partial charge is 0.310 e. The van der Waals surface area contributed by atoms with Gasteiger partial charge in [0, 0.05) is 16.6 Å². The molecule has 1 amide bonds. The third-order valence-electron chi connectivity index (χ3n) is 3.63. The number of nitrogens with one attached hydrogen (secondary N) is 1. The average molecular weight is 342 g/mol. The number of aryl methyl sites for hydroxylation is 1. The van der Waals surface area contributed by atoms with Crippen molar-refractivity contribution in [2.75, 3.05) is 5.32 Å². The van der Waals surface area contributed by atoms with Gasteiger partial charge >= 0.3 is 5.97 Å². The van der Waals surface area contributed by atoms with Crippen LogP contribution in [0.1, 0.15) is 38.7 Å². The first kappa shape index (κ1) is 16.7. The summed E-state index contributed by atoms with van der Waals surface area (Å²) in [4.78, 5) is 23.5. The maximum Gasteiger partial charge on any atom is 0.310 e. The Kier molecular flexibility index (Phi) is 5.74. The normalized spacial score (nSPS) is 11.2. The zero-order valence-corrected chi connectivity index (χ0v) is 13.6. The molecule has 20 heavy (non-hydrogen) atoms.